The molecule has 0 saturated heterocycles. The van der Waals surface area contributed by atoms with Crippen molar-refractivity contribution in [3.8, 4) is 5.75 Å². The molecule has 0 aromatic carbocycles. The molecule has 1 aromatic heterocycles. The monoisotopic (exact) mass is 319 g/mol. The number of aromatic nitrogens is 1. The predicted molar refractivity (Wildman–Crippen MR) is 54.5 cm³/mol. The lowest BCUT2D eigenvalue weighted by atomic mass is 10.1. The van der Waals surface area contributed by atoms with Crippen LogP contribution >= 0.6 is 0 Å². The Bertz CT molecular complexity index is 589. The van der Waals surface area contributed by atoms with Gasteiger partial charge in [0.1, 0.15) is 11.3 Å². The lowest BCUT2D eigenvalue weighted by Gasteiger charge is -2.17. The molecule has 1 heterocycles. The van der Waals surface area contributed by atoms with Crippen molar-refractivity contribution < 1.29 is 40.6 Å². The first kappa shape index (κ1) is 16.9. The van der Waals surface area contributed by atoms with E-state index in [1.165, 1.54) is 0 Å². The minimum Gasteiger partial charge on any atom is -0.469 e. The number of carbonyl (C=O) groups excluding carboxylic acids is 1. The number of hydrogen-bond acceptors (Lipinski definition) is 4. The third kappa shape index (κ3) is 4.68. The highest BCUT2D eigenvalue weighted by atomic mass is 19.4. The average molecular weight is 319 g/mol. The molecule has 0 unspecified atom stereocenters. The molecule has 1 aromatic rings. The van der Waals surface area contributed by atoms with E-state index >= 15 is 0 Å². The van der Waals surface area contributed by atoms with Crippen molar-refractivity contribution in [2.24, 2.45) is 0 Å². The lowest BCUT2D eigenvalue weighted by Crippen LogP contribution is -2.25. The van der Waals surface area contributed by atoms with E-state index < -0.39 is 47.5 Å². The summed E-state index contributed by atoms with van der Waals surface area (Å²) in [7, 11) is 0.865. The molecule has 0 atom stereocenters. The fourth-order valence-corrected chi connectivity index (χ4v) is 1.45. The fraction of sp³-hybridized carbons (Fsp3) is 0.400. The molecule has 118 valence electrons. The van der Waals surface area contributed by atoms with Crippen molar-refractivity contribution >= 4 is 5.97 Å². The van der Waals surface area contributed by atoms with Crippen molar-refractivity contribution in [3.63, 3.8) is 0 Å². The van der Waals surface area contributed by atoms with Crippen molar-refractivity contribution in [1.29, 1.82) is 0 Å². The van der Waals surface area contributed by atoms with Crippen LogP contribution in [0.15, 0.2) is 10.9 Å². The number of H-pyrrole nitrogens is 1. The van der Waals surface area contributed by atoms with Gasteiger partial charge in [0.05, 0.1) is 13.5 Å². The zero-order valence-electron chi connectivity index (χ0n) is 10.2. The Balaban J connectivity index is 3.49. The summed E-state index contributed by atoms with van der Waals surface area (Å²) in [6.45, 7) is 0. The third-order valence-electron chi connectivity index (χ3n) is 2.14. The van der Waals surface area contributed by atoms with E-state index in [1.54, 1.807) is 4.98 Å². The molecule has 1 rings (SSSR count). The second kappa shape index (κ2) is 5.66. The average Bonchev–Trinajstić information content (AvgIpc) is 2.23. The van der Waals surface area contributed by atoms with Crippen LogP contribution in [0.5, 0.6) is 5.75 Å². The maximum absolute atomic E-state index is 12.8. The molecule has 0 amide bonds. The van der Waals surface area contributed by atoms with Gasteiger partial charge < -0.3 is 14.5 Å². The van der Waals surface area contributed by atoms with Gasteiger partial charge in [0.15, 0.2) is 0 Å². The van der Waals surface area contributed by atoms with Crippen LogP contribution in [0.4, 0.5) is 26.3 Å². The van der Waals surface area contributed by atoms with Crippen molar-refractivity contribution in [2.75, 3.05) is 7.11 Å². The van der Waals surface area contributed by atoms with E-state index in [9.17, 15) is 35.9 Å². The Morgan fingerprint density at radius 2 is 1.81 bits per heavy atom. The molecule has 1 N–H and O–H groups in total. The number of aromatic amines is 1. The van der Waals surface area contributed by atoms with E-state index in [0.29, 0.717) is 0 Å². The van der Waals surface area contributed by atoms with Crippen molar-refractivity contribution in [1.82, 2.24) is 4.98 Å². The van der Waals surface area contributed by atoms with Crippen LogP contribution in [0.2, 0.25) is 0 Å². The maximum Gasteiger partial charge on any atom is 0.573 e. The maximum atomic E-state index is 12.8. The first-order valence-corrected chi connectivity index (χ1v) is 5.10. The fourth-order valence-electron chi connectivity index (χ4n) is 1.45. The van der Waals surface area contributed by atoms with Crippen LogP contribution in [-0.2, 0) is 22.1 Å². The van der Waals surface area contributed by atoms with Gasteiger partial charge in [0.2, 0.25) is 0 Å². The molecule has 0 radical (unpaired) electrons. The molecule has 0 aliphatic carbocycles. The molecule has 0 bridgehead atoms. The molecular weight excluding hydrogens is 312 g/mol. The van der Waals surface area contributed by atoms with Gasteiger partial charge in [-0.05, 0) is 0 Å². The topological polar surface area (TPSA) is 68.4 Å². The number of carbonyl (C=O) groups is 1. The number of nitrogens with one attached hydrogen (secondary N) is 1. The summed E-state index contributed by atoms with van der Waals surface area (Å²) in [4.78, 5) is 23.8. The number of alkyl halides is 6. The van der Waals surface area contributed by atoms with E-state index in [-0.39, 0.29) is 6.07 Å². The van der Waals surface area contributed by atoms with Crippen LogP contribution in [-0.4, -0.2) is 24.4 Å². The molecule has 0 aliphatic rings. The minimum atomic E-state index is -5.43. The molecule has 11 heteroatoms. The van der Waals surface area contributed by atoms with Crippen molar-refractivity contribution in [3.05, 3.63) is 27.7 Å². The third-order valence-corrected chi connectivity index (χ3v) is 2.14. The van der Waals surface area contributed by atoms with E-state index in [1.807, 2.05) is 0 Å². The second-order valence-corrected chi connectivity index (χ2v) is 3.65. The van der Waals surface area contributed by atoms with Crippen molar-refractivity contribution in [2.45, 2.75) is 19.0 Å². The molecule has 0 spiro atoms. The minimum absolute atomic E-state index is 0.00288. The highest BCUT2D eigenvalue weighted by Gasteiger charge is 2.42. The number of rotatable bonds is 3. The van der Waals surface area contributed by atoms with Gasteiger partial charge in [-0.3, -0.25) is 9.59 Å². The number of ether oxygens (including phenoxy) is 2. The Hall–Kier alpha value is -2.20. The smallest absolute Gasteiger partial charge is 0.469 e. The second-order valence-electron chi connectivity index (χ2n) is 3.65. The number of pyridine rings is 1. The molecule has 0 fully saturated rings. The van der Waals surface area contributed by atoms with E-state index in [4.69, 9.17) is 0 Å². The molecule has 0 aliphatic heterocycles. The SMILES string of the molecule is COC(=O)Cc1[nH]c(=O)cc(OC(F)(F)F)c1C(F)(F)F. The molecular formula is C10H7F6NO4. The van der Waals surface area contributed by atoms with Crippen LogP contribution in [0, 0.1) is 0 Å². The lowest BCUT2D eigenvalue weighted by molar-refractivity contribution is -0.276. The van der Waals surface area contributed by atoms with Crippen LogP contribution in [0.25, 0.3) is 0 Å². The summed E-state index contributed by atoms with van der Waals surface area (Å²) in [6, 6.07) is -0.00288. The van der Waals surface area contributed by atoms with E-state index in [2.05, 4.69) is 9.47 Å². The summed E-state index contributed by atoms with van der Waals surface area (Å²) in [5.74, 6) is -2.92. The summed E-state index contributed by atoms with van der Waals surface area (Å²) >= 11 is 0. The predicted octanol–water partition coefficient (Wildman–Crippen LogP) is 2.01. The summed E-state index contributed by atoms with van der Waals surface area (Å²) in [5, 5.41) is 0. The number of hydrogen-bond donors (Lipinski definition) is 1. The summed E-state index contributed by atoms with van der Waals surface area (Å²) in [5.41, 5.74) is -4.27. The van der Waals surface area contributed by atoms with Gasteiger partial charge in [0, 0.05) is 11.8 Å². The number of halogens is 6. The Morgan fingerprint density at radius 3 is 2.24 bits per heavy atom. The van der Waals surface area contributed by atoms with Gasteiger partial charge in [-0.25, -0.2) is 0 Å². The first-order chi connectivity index (χ1) is 9.44. The molecule has 0 saturated carbocycles. The van der Waals surface area contributed by atoms with Gasteiger partial charge in [-0.15, -0.1) is 13.2 Å². The quantitative estimate of drug-likeness (QED) is 0.683. The van der Waals surface area contributed by atoms with Gasteiger partial charge in [0.25, 0.3) is 5.56 Å². The zero-order chi connectivity index (χ0) is 16.4. The Morgan fingerprint density at radius 1 is 1.24 bits per heavy atom. The standard InChI is InChI=1S/C10H7F6NO4/c1-20-7(19)2-4-8(9(11,12)13)5(3-6(18)17-4)21-10(14,15)16/h3H,2H2,1H3,(H,17,18). The van der Waals surface area contributed by atoms with Crippen LogP contribution in [0.3, 0.4) is 0 Å². The normalized spacial score (nSPS) is 12.1. The van der Waals surface area contributed by atoms with Crippen LogP contribution in [0.1, 0.15) is 11.3 Å². The van der Waals surface area contributed by atoms with Gasteiger partial charge in [-0.2, -0.15) is 13.2 Å². The largest absolute Gasteiger partial charge is 0.573 e. The Kier molecular flexibility index (Phi) is 4.54. The van der Waals surface area contributed by atoms with E-state index in [0.717, 1.165) is 7.11 Å². The summed E-state index contributed by atoms with van der Waals surface area (Å²) in [6.07, 6.45) is -11.8. The van der Waals surface area contributed by atoms with Gasteiger partial charge >= 0.3 is 18.5 Å². The molecule has 5 nitrogen and oxygen atoms in total. The Labute approximate surface area is 112 Å². The highest BCUT2D eigenvalue weighted by molar-refractivity contribution is 5.72. The van der Waals surface area contributed by atoms with Gasteiger partial charge in [-0.1, -0.05) is 0 Å². The number of esters is 1. The molecule has 21 heavy (non-hydrogen) atoms. The number of methoxy groups -OCH3 is 1. The first-order valence-electron chi connectivity index (χ1n) is 5.10. The zero-order valence-corrected chi connectivity index (χ0v) is 10.2. The summed E-state index contributed by atoms with van der Waals surface area (Å²) < 4.78 is 82.2. The van der Waals surface area contributed by atoms with Crippen LogP contribution < -0.4 is 10.3 Å². The highest BCUT2D eigenvalue weighted by Crippen LogP contribution is 2.39.